The highest BCUT2D eigenvalue weighted by atomic mass is 32.1. The average Bonchev–Trinajstić information content (AvgIpc) is 3.62. The maximum absolute atomic E-state index is 13.6. The van der Waals surface area contributed by atoms with Crippen molar-refractivity contribution < 1.29 is 19.5 Å². The highest BCUT2D eigenvalue weighted by Crippen LogP contribution is 2.33. The lowest BCUT2D eigenvalue weighted by molar-refractivity contribution is -0.135. The second kappa shape index (κ2) is 18.7. The first kappa shape index (κ1) is 35.5. The smallest absolute Gasteiger partial charge is 0.240 e. The summed E-state index contributed by atoms with van der Waals surface area (Å²) >= 11 is 1.58. The number of phenolic OH excluding ortho intramolecular Hbond substituents is 1. The van der Waals surface area contributed by atoms with Crippen molar-refractivity contribution >= 4 is 30.4 Å². The summed E-state index contributed by atoms with van der Waals surface area (Å²) in [6, 6.07) is 14.1. The number of carbonyl (C=O) groups excluding carboxylic acids is 3. The molecule has 2 aromatic carbocycles. The van der Waals surface area contributed by atoms with E-state index < -0.39 is 0 Å². The van der Waals surface area contributed by atoms with Crippen LogP contribution in [-0.4, -0.2) is 52.7 Å². The fourth-order valence-corrected chi connectivity index (χ4v) is 5.67. The number of aryl methyl sites for hydroxylation is 2. The van der Waals surface area contributed by atoms with E-state index in [-0.39, 0.29) is 30.3 Å². The number of phenols is 1. The zero-order chi connectivity index (χ0) is 30.9. The molecule has 2 unspecified atom stereocenters. The summed E-state index contributed by atoms with van der Waals surface area (Å²) in [6.07, 6.45) is 2.88. The Morgan fingerprint density at radius 1 is 1.20 bits per heavy atom. The molecule has 0 spiro atoms. The highest BCUT2D eigenvalue weighted by Gasteiger charge is 2.34. The number of hydrogen-bond donors (Lipinski definition) is 3. The molecule has 4 N–H and O–H groups in total. The molecule has 1 fully saturated rings. The number of nitrogens with one attached hydrogen (secondary N) is 1. The van der Waals surface area contributed by atoms with Crippen LogP contribution in [0.3, 0.4) is 0 Å². The van der Waals surface area contributed by atoms with Crippen molar-refractivity contribution in [2.24, 2.45) is 11.7 Å². The molecule has 1 aliphatic rings. The SMILES string of the molecule is C=O.CC.Cc1ccccc1CNC(C(=O)N1CCCC1Cc1ccc(-c2scnc2C)cc1O)C(C)C.NC=O. The summed E-state index contributed by atoms with van der Waals surface area (Å²) in [5.74, 6) is 0.651. The molecular weight excluding hydrogens is 536 g/mol. The Balaban J connectivity index is 0.00000110. The first-order valence-corrected chi connectivity index (χ1v) is 14.9. The minimum absolute atomic E-state index is 0.107. The van der Waals surface area contributed by atoms with Gasteiger partial charge in [-0.15, -0.1) is 11.3 Å². The van der Waals surface area contributed by atoms with Gasteiger partial charge in [0, 0.05) is 19.1 Å². The number of hydrogen-bond acceptors (Lipinski definition) is 7. The standard InChI is InChI=1S/C28H35N3O2S.C2H6.CH3NO.CH2O/c1-18(2)26(29-16-23-9-6-5-8-19(23)3)28(33)31-13-7-10-24(31)14-21-11-12-22(15-25(21)32)27-20(4)30-17-34-27;1-2;2-1-3;1-2/h5-6,8-9,11-12,15,17-18,24,26,29,32H,7,10,13-14,16H2,1-4H3;1-2H3;1H,(H2,2,3);1H2. The molecule has 1 aliphatic heterocycles. The lowest BCUT2D eigenvalue weighted by atomic mass is 9.98. The van der Waals surface area contributed by atoms with Crippen molar-refractivity contribution in [3.05, 3.63) is 70.4 Å². The molecule has 3 aromatic rings. The molecular formula is C32H46N4O4S. The van der Waals surface area contributed by atoms with Crippen LogP contribution in [0.25, 0.3) is 10.4 Å². The van der Waals surface area contributed by atoms with E-state index in [0.29, 0.717) is 18.7 Å². The number of benzene rings is 2. The van der Waals surface area contributed by atoms with Gasteiger partial charge in [0.15, 0.2) is 0 Å². The van der Waals surface area contributed by atoms with Crippen LogP contribution in [0.4, 0.5) is 0 Å². The predicted molar refractivity (Wildman–Crippen MR) is 168 cm³/mol. The number of primary amides is 1. The van der Waals surface area contributed by atoms with E-state index >= 15 is 0 Å². The molecule has 224 valence electrons. The third kappa shape index (κ3) is 10.1. The normalized spacial score (nSPS) is 14.5. The van der Waals surface area contributed by atoms with Crippen LogP contribution < -0.4 is 11.1 Å². The van der Waals surface area contributed by atoms with Gasteiger partial charge in [-0.1, -0.05) is 64.1 Å². The topological polar surface area (TPSA) is 126 Å². The van der Waals surface area contributed by atoms with Gasteiger partial charge in [-0.05, 0) is 67.3 Å². The Morgan fingerprint density at radius 2 is 1.85 bits per heavy atom. The van der Waals surface area contributed by atoms with Crippen molar-refractivity contribution in [3.8, 4) is 16.2 Å². The maximum Gasteiger partial charge on any atom is 0.240 e. The Bertz CT molecular complexity index is 1210. The first-order chi connectivity index (χ1) is 19.8. The molecule has 0 bridgehead atoms. The number of carbonyl (C=O) groups is 3. The first-order valence-electron chi connectivity index (χ1n) is 14.0. The molecule has 2 amide bonds. The molecule has 2 heterocycles. The quantitative estimate of drug-likeness (QED) is 0.305. The fourth-order valence-electron chi connectivity index (χ4n) is 4.86. The van der Waals surface area contributed by atoms with Gasteiger partial charge in [0.05, 0.1) is 22.1 Å². The largest absolute Gasteiger partial charge is 0.508 e. The summed E-state index contributed by atoms with van der Waals surface area (Å²) in [6.45, 7) is 15.7. The van der Waals surface area contributed by atoms with Gasteiger partial charge in [-0.3, -0.25) is 9.59 Å². The van der Waals surface area contributed by atoms with Crippen LogP contribution >= 0.6 is 11.3 Å². The van der Waals surface area contributed by atoms with Crippen LogP contribution in [0.2, 0.25) is 0 Å². The van der Waals surface area contributed by atoms with Gasteiger partial charge in [0.2, 0.25) is 12.3 Å². The second-order valence-corrected chi connectivity index (χ2v) is 10.7. The van der Waals surface area contributed by atoms with E-state index in [4.69, 9.17) is 9.59 Å². The number of aromatic nitrogens is 1. The minimum Gasteiger partial charge on any atom is -0.508 e. The van der Waals surface area contributed by atoms with Crippen molar-refractivity contribution in [1.82, 2.24) is 15.2 Å². The zero-order valence-electron chi connectivity index (χ0n) is 25.2. The lowest BCUT2D eigenvalue weighted by Crippen LogP contribution is -2.51. The molecule has 0 aliphatic carbocycles. The van der Waals surface area contributed by atoms with Gasteiger partial charge in [-0.2, -0.15) is 0 Å². The molecule has 0 radical (unpaired) electrons. The van der Waals surface area contributed by atoms with Gasteiger partial charge in [0.1, 0.15) is 12.5 Å². The van der Waals surface area contributed by atoms with Crippen molar-refractivity contribution in [1.29, 1.82) is 0 Å². The third-order valence-corrected chi connectivity index (χ3v) is 7.89. The molecule has 1 saturated heterocycles. The molecule has 0 saturated carbocycles. The number of thiazole rings is 1. The van der Waals surface area contributed by atoms with Crippen molar-refractivity contribution in [2.75, 3.05) is 6.54 Å². The Hall–Kier alpha value is -3.56. The van der Waals surface area contributed by atoms with E-state index in [0.717, 1.165) is 41.1 Å². The summed E-state index contributed by atoms with van der Waals surface area (Å²) < 4.78 is 0. The number of likely N-dealkylation sites (tertiary alicyclic amines) is 1. The molecule has 2 atom stereocenters. The van der Waals surface area contributed by atoms with Crippen LogP contribution in [-0.2, 0) is 27.3 Å². The van der Waals surface area contributed by atoms with Crippen molar-refractivity contribution in [3.63, 3.8) is 0 Å². The predicted octanol–water partition coefficient (Wildman–Crippen LogP) is 5.42. The van der Waals surface area contributed by atoms with Gasteiger partial charge < -0.3 is 25.9 Å². The number of nitrogens with zero attached hydrogens (tertiary/aromatic N) is 2. The van der Waals surface area contributed by atoms with Crippen LogP contribution in [0.5, 0.6) is 5.75 Å². The van der Waals surface area contributed by atoms with Crippen LogP contribution in [0.1, 0.15) is 62.9 Å². The van der Waals surface area contributed by atoms with Gasteiger partial charge in [-0.25, -0.2) is 4.98 Å². The monoisotopic (exact) mass is 582 g/mol. The summed E-state index contributed by atoms with van der Waals surface area (Å²) in [7, 11) is 0. The molecule has 41 heavy (non-hydrogen) atoms. The maximum atomic E-state index is 13.6. The fraction of sp³-hybridized carbons (Fsp3) is 0.438. The minimum atomic E-state index is -0.231. The van der Waals surface area contributed by atoms with E-state index in [1.165, 1.54) is 11.1 Å². The lowest BCUT2D eigenvalue weighted by Gasteiger charge is -2.31. The van der Waals surface area contributed by atoms with E-state index in [9.17, 15) is 9.90 Å². The molecule has 9 heteroatoms. The van der Waals surface area contributed by atoms with E-state index in [1.54, 1.807) is 11.3 Å². The van der Waals surface area contributed by atoms with Gasteiger partial charge >= 0.3 is 0 Å². The number of aromatic hydroxyl groups is 1. The average molecular weight is 583 g/mol. The molecule has 4 rings (SSSR count). The summed E-state index contributed by atoms with van der Waals surface area (Å²) in [5, 5.41) is 14.3. The Kier molecular flexibility index (Phi) is 16.2. The number of rotatable bonds is 8. The highest BCUT2D eigenvalue weighted by molar-refractivity contribution is 7.13. The van der Waals surface area contributed by atoms with E-state index in [1.807, 2.05) is 62.2 Å². The van der Waals surface area contributed by atoms with Crippen LogP contribution in [0, 0.1) is 19.8 Å². The van der Waals surface area contributed by atoms with Crippen LogP contribution in [0.15, 0.2) is 48.0 Å². The van der Waals surface area contributed by atoms with Crippen molar-refractivity contribution in [2.45, 2.75) is 79.4 Å². The van der Waals surface area contributed by atoms with E-state index in [2.05, 4.69) is 55.0 Å². The second-order valence-electron chi connectivity index (χ2n) is 9.81. The summed E-state index contributed by atoms with van der Waals surface area (Å²) in [5.41, 5.74) is 11.3. The molecule has 1 aromatic heterocycles. The Labute approximate surface area is 249 Å². The third-order valence-electron chi connectivity index (χ3n) is 6.92. The number of amides is 2. The zero-order valence-corrected chi connectivity index (χ0v) is 26.0. The molecule has 8 nitrogen and oxygen atoms in total. The summed E-state index contributed by atoms with van der Waals surface area (Å²) in [4.78, 5) is 37.6. The van der Waals surface area contributed by atoms with Gasteiger partial charge in [0.25, 0.3) is 0 Å². The Morgan fingerprint density at radius 3 is 2.41 bits per heavy atom. The number of nitrogens with two attached hydrogens (primary N) is 1.